The highest BCUT2D eigenvalue weighted by Gasteiger charge is 2.63. The Morgan fingerprint density at radius 3 is 2.29 bits per heavy atom. The number of para-hydroxylation sites is 1. The molecule has 0 radical (unpaired) electrons. The van der Waals surface area contributed by atoms with Crippen LogP contribution in [0.15, 0.2) is 65.9 Å². The van der Waals surface area contributed by atoms with Crippen LogP contribution in [0.25, 0.3) is 0 Å². The molecule has 2 fully saturated rings. The van der Waals surface area contributed by atoms with Crippen molar-refractivity contribution in [3.05, 3.63) is 76.5 Å². The topological polar surface area (TPSA) is 23.6 Å². The van der Waals surface area contributed by atoms with Gasteiger partial charge in [-0.3, -0.25) is 9.69 Å². The van der Waals surface area contributed by atoms with Gasteiger partial charge in [-0.05, 0) is 79.8 Å². The van der Waals surface area contributed by atoms with E-state index in [4.69, 9.17) is 23.8 Å². The Morgan fingerprint density at radius 2 is 1.65 bits per heavy atom. The number of benzene rings is 2. The molecule has 1 amide bonds. The number of thiocarbonyl (C=S) groups is 1. The number of amides is 1. The van der Waals surface area contributed by atoms with Crippen LogP contribution in [0.5, 0.6) is 0 Å². The SMILES string of the molecule is CC12CCC(C(C(=S)N(C(=O)c3ccc(Cl)cc3)c3ccccc3)=C1N1CCCCC1)C2(C)C. The molecule has 1 heterocycles. The predicted octanol–water partition coefficient (Wildman–Crippen LogP) is 7.51. The third-order valence-corrected chi connectivity index (χ3v) is 9.42. The molecule has 5 rings (SSSR count). The molecule has 2 aromatic rings. The first-order chi connectivity index (χ1) is 16.3. The van der Waals surface area contributed by atoms with E-state index in [1.807, 2.05) is 30.3 Å². The fraction of sp³-hybridized carbons (Fsp3) is 0.448. The van der Waals surface area contributed by atoms with Crippen molar-refractivity contribution < 1.29 is 4.79 Å². The molecule has 2 bridgehead atoms. The number of piperidine rings is 1. The quantitative estimate of drug-likeness (QED) is 0.412. The number of carbonyl (C=O) groups is 1. The zero-order chi connectivity index (χ0) is 24.1. The van der Waals surface area contributed by atoms with Crippen molar-refractivity contribution in [2.75, 3.05) is 18.0 Å². The maximum Gasteiger partial charge on any atom is 0.263 e. The van der Waals surface area contributed by atoms with Gasteiger partial charge < -0.3 is 4.90 Å². The van der Waals surface area contributed by atoms with E-state index >= 15 is 0 Å². The molecule has 2 aromatic carbocycles. The second-order valence-corrected chi connectivity index (χ2v) is 11.6. The van der Waals surface area contributed by atoms with E-state index in [1.54, 1.807) is 29.2 Å². The summed E-state index contributed by atoms with van der Waals surface area (Å²) >= 11 is 12.4. The fourth-order valence-corrected chi connectivity index (χ4v) is 7.08. The number of anilines is 1. The Hall–Kier alpha value is -2.17. The lowest BCUT2D eigenvalue weighted by molar-refractivity contribution is 0.100. The first-order valence-corrected chi connectivity index (χ1v) is 13.2. The molecule has 5 heteroatoms. The summed E-state index contributed by atoms with van der Waals surface area (Å²) < 4.78 is 0. The van der Waals surface area contributed by atoms with E-state index in [9.17, 15) is 4.79 Å². The predicted molar refractivity (Wildman–Crippen MR) is 144 cm³/mol. The zero-order valence-electron chi connectivity index (χ0n) is 20.3. The third-order valence-electron chi connectivity index (χ3n) is 8.77. The standard InChI is InChI=1S/C29H33ClN2OS/c1-28(2)23-16-17-29(28,3)25(31-18-8-5-9-19-31)24(23)27(34)32(22-10-6-4-7-11-22)26(33)20-12-14-21(30)15-13-20/h4,6-7,10-15,23H,5,8-9,16-19H2,1-3H3. The van der Waals surface area contributed by atoms with Crippen molar-refractivity contribution in [1.29, 1.82) is 0 Å². The minimum absolute atomic E-state index is 0.0695. The van der Waals surface area contributed by atoms with E-state index in [0.29, 0.717) is 21.5 Å². The summed E-state index contributed by atoms with van der Waals surface area (Å²) in [5.41, 5.74) is 4.20. The van der Waals surface area contributed by atoms with Crippen molar-refractivity contribution in [2.45, 2.75) is 52.9 Å². The van der Waals surface area contributed by atoms with E-state index in [0.717, 1.165) is 25.2 Å². The van der Waals surface area contributed by atoms with Crippen LogP contribution < -0.4 is 4.90 Å². The molecule has 1 saturated carbocycles. The number of hydrogen-bond acceptors (Lipinski definition) is 3. The van der Waals surface area contributed by atoms with Crippen LogP contribution in [0, 0.1) is 16.7 Å². The molecule has 1 aliphatic heterocycles. The van der Waals surface area contributed by atoms with Gasteiger partial charge in [0.05, 0.1) is 5.69 Å². The minimum Gasteiger partial charge on any atom is -0.374 e. The monoisotopic (exact) mass is 492 g/mol. The van der Waals surface area contributed by atoms with Gasteiger partial charge in [0, 0.05) is 40.4 Å². The van der Waals surface area contributed by atoms with Crippen LogP contribution in [0.1, 0.15) is 63.2 Å². The van der Waals surface area contributed by atoms with Gasteiger partial charge in [0.25, 0.3) is 5.91 Å². The van der Waals surface area contributed by atoms with Gasteiger partial charge >= 0.3 is 0 Å². The summed E-state index contributed by atoms with van der Waals surface area (Å²) in [6.07, 6.45) is 6.03. The molecule has 0 aromatic heterocycles. The normalized spacial score (nSPS) is 25.5. The fourth-order valence-electron chi connectivity index (χ4n) is 6.52. The first kappa shape index (κ1) is 23.6. The van der Waals surface area contributed by atoms with Crippen LogP contribution in [0.4, 0.5) is 5.69 Å². The van der Waals surface area contributed by atoms with Crippen molar-refractivity contribution in [3.8, 4) is 0 Å². The summed E-state index contributed by atoms with van der Waals surface area (Å²) in [5, 5.41) is 0.614. The van der Waals surface area contributed by atoms with Gasteiger partial charge in [-0.25, -0.2) is 0 Å². The number of halogens is 1. The number of hydrogen-bond donors (Lipinski definition) is 0. The second kappa shape index (κ2) is 8.80. The lowest BCUT2D eigenvalue weighted by atomic mass is 9.69. The molecule has 178 valence electrons. The molecule has 3 nitrogen and oxygen atoms in total. The van der Waals surface area contributed by atoms with Crippen molar-refractivity contribution in [3.63, 3.8) is 0 Å². The molecular weight excluding hydrogens is 460 g/mol. The summed E-state index contributed by atoms with van der Waals surface area (Å²) in [4.78, 5) is 19.0. The highest BCUT2D eigenvalue weighted by atomic mass is 35.5. The van der Waals surface area contributed by atoms with E-state index in [-0.39, 0.29) is 16.7 Å². The van der Waals surface area contributed by atoms with Gasteiger partial charge in [-0.2, -0.15) is 0 Å². The van der Waals surface area contributed by atoms with Gasteiger partial charge in [-0.15, -0.1) is 0 Å². The van der Waals surface area contributed by atoms with E-state index < -0.39 is 0 Å². The molecular formula is C29H33ClN2OS. The number of likely N-dealkylation sites (tertiary alicyclic amines) is 1. The molecule has 34 heavy (non-hydrogen) atoms. The molecule has 2 unspecified atom stereocenters. The average Bonchev–Trinajstić information content (AvgIpc) is 3.18. The van der Waals surface area contributed by atoms with Crippen LogP contribution in [0.2, 0.25) is 5.02 Å². The van der Waals surface area contributed by atoms with Crippen LogP contribution in [-0.2, 0) is 0 Å². The van der Waals surface area contributed by atoms with E-state index in [2.05, 4.69) is 25.7 Å². The zero-order valence-corrected chi connectivity index (χ0v) is 21.9. The Labute approximate surface area is 213 Å². The third kappa shape index (κ3) is 3.61. The summed E-state index contributed by atoms with van der Waals surface area (Å²) in [6, 6.07) is 16.9. The van der Waals surface area contributed by atoms with Crippen molar-refractivity contribution >= 4 is 40.4 Å². The Bertz CT molecular complexity index is 1130. The molecule has 2 atom stereocenters. The van der Waals surface area contributed by atoms with E-state index in [1.165, 1.54) is 37.0 Å². The second-order valence-electron chi connectivity index (χ2n) is 10.7. The first-order valence-electron chi connectivity index (χ1n) is 12.4. The molecule has 1 saturated heterocycles. The van der Waals surface area contributed by atoms with Crippen LogP contribution in [0.3, 0.4) is 0 Å². The smallest absolute Gasteiger partial charge is 0.263 e. The highest BCUT2D eigenvalue weighted by Crippen LogP contribution is 2.68. The van der Waals surface area contributed by atoms with Crippen LogP contribution >= 0.6 is 23.8 Å². The van der Waals surface area contributed by atoms with Gasteiger partial charge in [0.2, 0.25) is 0 Å². The number of fused-ring (bicyclic) bond motifs is 2. The Morgan fingerprint density at radius 1 is 1.00 bits per heavy atom. The summed E-state index contributed by atoms with van der Waals surface area (Å²) in [7, 11) is 0. The molecule has 0 N–H and O–H groups in total. The van der Waals surface area contributed by atoms with Gasteiger partial charge in [0.1, 0.15) is 4.99 Å². The number of rotatable bonds is 4. The molecule has 3 aliphatic rings. The van der Waals surface area contributed by atoms with Crippen molar-refractivity contribution in [1.82, 2.24) is 4.90 Å². The lowest BCUT2D eigenvalue weighted by Crippen LogP contribution is -2.42. The Balaban J connectivity index is 1.65. The van der Waals surface area contributed by atoms with Crippen molar-refractivity contribution in [2.24, 2.45) is 16.7 Å². The maximum absolute atomic E-state index is 13.9. The maximum atomic E-state index is 13.9. The number of carbonyl (C=O) groups excluding carboxylic acids is 1. The average molecular weight is 493 g/mol. The largest absolute Gasteiger partial charge is 0.374 e. The minimum atomic E-state index is -0.107. The lowest BCUT2D eigenvalue weighted by Gasteiger charge is -2.43. The Kier molecular flexibility index (Phi) is 6.10. The summed E-state index contributed by atoms with van der Waals surface area (Å²) in [5.74, 6) is 0.246. The number of nitrogens with zero attached hydrogens (tertiary/aromatic N) is 2. The van der Waals surface area contributed by atoms with Gasteiger partial charge in [0.15, 0.2) is 0 Å². The highest BCUT2D eigenvalue weighted by molar-refractivity contribution is 7.81. The number of allylic oxidation sites excluding steroid dienone is 1. The molecule has 2 aliphatic carbocycles. The molecule has 0 spiro atoms. The van der Waals surface area contributed by atoms with Gasteiger partial charge in [-0.1, -0.05) is 62.8 Å². The summed E-state index contributed by atoms with van der Waals surface area (Å²) in [6.45, 7) is 9.39. The van der Waals surface area contributed by atoms with Crippen LogP contribution in [-0.4, -0.2) is 28.9 Å².